The van der Waals surface area contributed by atoms with Crippen molar-refractivity contribution in [1.29, 1.82) is 0 Å². The number of morpholine rings is 1. The van der Waals surface area contributed by atoms with Crippen LogP contribution in [-0.2, 0) is 16.1 Å². The Morgan fingerprint density at radius 3 is 3.15 bits per heavy atom. The SMILES string of the molecule is NC(=O)C1COCCN1Cc1nc2ccc(N)cc2o1. The van der Waals surface area contributed by atoms with Crippen molar-refractivity contribution < 1.29 is 13.9 Å². The minimum Gasteiger partial charge on any atom is -0.439 e. The molecular formula is C13H16N4O3. The molecule has 0 spiro atoms. The van der Waals surface area contributed by atoms with E-state index in [1.165, 1.54) is 0 Å². The predicted octanol–water partition coefficient (Wildman–Crippen LogP) is 0.0961. The molecule has 1 aromatic carbocycles. The summed E-state index contributed by atoms with van der Waals surface area (Å²) in [5.41, 5.74) is 13.1. The first kappa shape index (κ1) is 12.9. The molecule has 1 atom stereocenters. The molecule has 1 aliphatic rings. The standard InChI is InChI=1S/C13H16N4O3/c14-8-1-2-9-11(5-8)20-12(16-9)6-17-3-4-19-7-10(17)13(15)18/h1-2,5,10H,3-4,6-7,14H2,(H2,15,18). The minimum absolute atomic E-state index is 0.308. The van der Waals surface area contributed by atoms with Gasteiger partial charge in [-0.3, -0.25) is 9.69 Å². The van der Waals surface area contributed by atoms with Crippen molar-refractivity contribution in [3.05, 3.63) is 24.1 Å². The molecular weight excluding hydrogens is 260 g/mol. The van der Waals surface area contributed by atoms with Crippen LogP contribution in [0, 0.1) is 0 Å². The fourth-order valence-corrected chi connectivity index (χ4v) is 2.32. The number of oxazole rings is 1. The van der Waals surface area contributed by atoms with Gasteiger partial charge in [0, 0.05) is 18.3 Å². The Bertz CT molecular complexity index is 640. The highest BCUT2D eigenvalue weighted by atomic mass is 16.5. The molecule has 20 heavy (non-hydrogen) atoms. The molecule has 0 bridgehead atoms. The summed E-state index contributed by atoms with van der Waals surface area (Å²) < 4.78 is 10.9. The van der Waals surface area contributed by atoms with E-state index in [0.717, 1.165) is 5.52 Å². The van der Waals surface area contributed by atoms with Gasteiger partial charge >= 0.3 is 0 Å². The summed E-state index contributed by atoms with van der Waals surface area (Å²) >= 11 is 0. The summed E-state index contributed by atoms with van der Waals surface area (Å²) in [6.07, 6.45) is 0. The van der Waals surface area contributed by atoms with Crippen molar-refractivity contribution >= 4 is 22.7 Å². The zero-order valence-corrected chi connectivity index (χ0v) is 10.9. The second kappa shape index (κ2) is 5.10. The van der Waals surface area contributed by atoms with Crippen LogP contribution in [-0.4, -0.2) is 41.6 Å². The van der Waals surface area contributed by atoms with Crippen molar-refractivity contribution in [1.82, 2.24) is 9.88 Å². The van der Waals surface area contributed by atoms with Gasteiger partial charge in [0.2, 0.25) is 11.8 Å². The third-order valence-electron chi connectivity index (χ3n) is 3.36. The number of primary amides is 1. The summed E-state index contributed by atoms with van der Waals surface area (Å²) in [7, 11) is 0. The Hall–Kier alpha value is -2.12. The molecule has 1 aromatic heterocycles. The smallest absolute Gasteiger partial charge is 0.237 e. The van der Waals surface area contributed by atoms with E-state index in [1.54, 1.807) is 12.1 Å². The number of nitrogens with zero attached hydrogens (tertiary/aromatic N) is 2. The van der Waals surface area contributed by atoms with Crippen LogP contribution in [0.5, 0.6) is 0 Å². The molecule has 7 heteroatoms. The average Bonchev–Trinajstić information content (AvgIpc) is 2.80. The Balaban J connectivity index is 1.82. The van der Waals surface area contributed by atoms with E-state index in [-0.39, 0.29) is 0 Å². The summed E-state index contributed by atoms with van der Waals surface area (Å²) in [5.74, 6) is 0.142. The lowest BCUT2D eigenvalue weighted by atomic mass is 10.2. The van der Waals surface area contributed by atoms with Crippen LogP contribution in [0.2, 0.25) is 0 Å². The Morgan fingerprint density at radius 2 is 2.35 bits per heavy atom. The molecule has 0 saturated carbocycles. The second-order valence-corrected chi connectivity index (χ2v) is 4.80. The summed E-state index contributed by atoms with van der Waals surface area (Å²) in [6.45, 7) is 1.92. The van der Waals surface area contributed by atoms with Crippen LogP contribution >= 0.6 is 0 Å². The van der Waals surface area contributed by atoms with Gasteiger partial charge in [0.1, 0.15) is 11.6 Å². The monoisotopic (exact) mass is 276 g/mol. The second-order valence-electron chi connectivity index (χ2n) is 4.80. The third-order valence-corrected chi connectivity index (χ3v) is 3.36. The molecule has 1 fully saturated rings. The van der Waals surface area contributed by atoms with Gasteiger partial charge in [-0.05, 0) is 12.1 Å². The van der Waals surface area contributed by atoms with E-state index in [1.807, 2.05) is 11.0 Å². The summed E-state index contributed by atoms with van der Waals surface area (Å²) in [6, 6.07) is 4.87. The first-order valence-electron chi connectivity index (χ1n) is 6.39. The number of carbonyl (C=O) groups excluding carboxylic acids is 1. The Kier molecular flexibility index (Phi) is 3.29. The highest BCUT2D eigenvalue weighted by Crippen LogP contribution is 2.20. The van der Waals surface area contributed by atoms with Crippen molar-refractivity contribution in [3.8, 4) is 0 Å². The lowest BCUT2D eigenvalue weighted by Gasteiger charge is -2.32. The van der Waals surface area contributed by atoms with Gasteiger partial charge in [-0.2, -0.15) is 0 Å². The maximum atomic E-state index is 11.4. The van der Waals surface area contributed by atoms with E-state index in [9.17, 15) is 4.79 Å². The molecule has 7 nitrogen and oxygen atoms in total. The van der Waals surface area contributed by atoms with Gasteiger partial charge in [0.25, 0.3) is 0 Å². The normalized spacial score (nSPS) is 20.3. The quantitative estimate of drug-likeness (QED) is 0.770. The summed E-state index contributed by atoms with van der Waals surface area (Å²) in [5, 5.41) is 0. The number of fused-ring (bicyclic) bond motifs is 1. The fourth-order valence-electron chi connectivity index (χ4n) is 2.32. The molecule has 2 heterocycles. The molecule has 3 rings (SSSR count). The molecule has 0 radical (unpaired) electrons. The van der Waals surface area contributed by atoms with E-state index >= 15 is 0 Å². The van der Waals surface area contributed by atoms with Gasteiger partial charge in [-0.1, -0.05) is 0 Å². The van der Waals surface area contributed by atoms with Crippen LogP contribution < -0.4 is 11.5 Å². The van der Waals surface area contributed by atoms with Gasteiger partial charge in [0.05, 0.1) is 19.8 Å². The number of carbonyl (C=O) groups is 1. The Morgan fingerprint density at radius 1 is 1.50 bits per heavy atom. The minimum atomic E-state index is -0.441. The number of amides is 1. The van der Waals surface area contributed by atoms with Crippen molar-refractivity contribution in [3.63, 3.8) is 0 Å². The highest BCUT2D eigenvalue weighted by molar-refractivity contribution is 5.80. The zero-order chi connectivity index (χ0) is 14.1. The number of ether oxygens (including phenoxy) is 1. The van der Waals surface area contributed by atoms with Crippen molar-refractivity contribution in [2.75, 3.05) is 25.5 Å². The first-order valence-corrected chi connectivity index (χ1v) is 6.39. The number of aromatic nitrogens is 1. The van der Waals surface area contributed by atoms with E-state index in [4.69, 9.17) is 20.6 Å². The third kappa shape index (κ3) is 2.45. The number of hydrogen-bond donors (Lipinski definition) is 2. The fraction of sp³-hybridized carbons (Fsp3) is 0.385. The lowest BCUT2D eigenvalue weighted by Crippen LogP contribution is -2.51. The first-order chi connectivity index (χ1) is 9.63. The highest BCUT2D eigenvalue weighted by Gasteiger charge is 2.28. The maximum Gasteiger partial charge on any atom is 0.237 e. The number of benzene rings is 1. The van der Waals surface area contributed by atoms with E-state index < -0.39 is 11.9 Å². The molecule has 2 aromatic rings. The maximum absolute atomic E-state index is 11.4. The molecule has 0 aliphatic carbocycles. The van der Waals surface area contributed by atoms with E-state index in [2.05, 4.69) is 4.98 Å². The van der Waals surface area contributed by atoms with Crippen molar-refractivity contribution in [2.45, 2.75) is 12.6 Å². The average molecular weight is 276 g/mol. The topological polar surface area (TPSA) is 108 Å². The van der Waals surface area contributed by atoms with Gasteiger partial charge in [-0.15, -0.1) is 0 Å². The van der Waals surface area contributed by atoms with Crippen LogP contribution in [0.1, 0.15) is 5.89 Å². The van der Waals surface area contributed by atoms with Gasteiger partial charge in [0.15, 0.2) is 5.58 Å². The Labute approximate surface area is 115 Å². The van der Waals surface area contributed by atoms with Gasteiger partial charge < -0.3 is 20.6 Å². The number of hydrogen-bond acceptors (Lipinski definition) is 6. The van der Waals surface area contributed by atoms with Crippen LogP contribution in [0.4, 0.5) is 5.69 Å². The van der Waals surface area contributed by atoms with Gasteiger partial charge in [-0.25, -0.2) is 4.98 Å². The predicted molar refractivity (Wildman–Crippen MR) is 72.6 cm³/mol. The van der Waals surface area contributed by atoms with E-state index in [0.29, 0.717) is 43.5 Å². The molecule has 1 aliphatic heterocycles. The number of nitrogens with two attached hydrogens (primary N) is 2. The number of rotatable bonds is 3. The van der Waals surface area contributed by atoms with Crippen molar-refractivity contribution in [2.24, 2.45) is 5.73 Å². The van der Waals surface area contributed by atoms with Crippen LogP contribution in [0.15, 0.2) is 22.6 Å². The lowest BCUT2D eigenvalue weighted by molar-refractivity contribution is -0.129. The molecule has 1 saturated heterocycles. The zero-order valence-electron chi connectivity index (χ0n) is 10.9. The van der Waals surface area contributed by atoms with Crippen LogP contribution in [0.25, 0.3) is 11.1 Å². The largest absolute Gasteiger partial charge is 0.439 e. The number of anilines is 1. The molecule has 1 unspecified atom stereocenters. The molecule has 1 amide bonds. The number of nitrogen functional groups attached to an aromatic ring is 1. The summed E-state index contributed by atoms with van der Waals surface area (Å²) in [4.78, 5) is 17.7. The molecule has 4 N–H and O–H groups in total. The van der Waals surface area contributed by atoms with Crippen LogP contribution in [0.3, 0.4) is 0 Å². The molecule has 106 valence electrons.